The number of allylic oxidation sites excluding steroid dienone is 12. The molecule has 0 saturated heterocycles. The molecule has 476 valence electrons. The van der Waals surface area contributed by atoms with Gasteiger partial charge >= 0.3 is 25.7 Å². The third-order valence-corrected chi connectivity index (χ3v) is 15.6. The van der Waals surface area contributed by atoms with Crippen LogP contribution >= 0.6 is 7.82 Å². The Kier molecular flexibility index (Phi) is 61.5. The fourth-order valence-electron chi connectivity index (χ4n) is 9.50. The maximum atomic E-state index is 13.0. The second kappa shape index (κ2) is 63.9. The lowest BCUT2D eigenvalue weighted by Gasteiger charge is -2.21. The number of esters is 3. The third kappa shape index (κ3) is 61.5. The molecule has 3 unspecified atom stereocenters. The van der Waals surface area contributed by atoms with Crippen LogP contribution in [0.5, 0.6) is 0 Å². The standard InChI is InChI=1S/C70H125O11P/c1-4-7-10-13-16-19-22-25-28-31-33-36-38-41-44-47-50-53-56-59-68(72)77-63-67(81-70(74)61-58-55-52-49-46-43-40-37-34-32-29-26-23-20-17-14-11-8-5-2)65-79-82(75,76)78-64-66(62-71)80-69(73)60-57-54-51-48-45-42-39-35-30-27-24-21-18-15-12-9-6-3/h8,11,17-18,20-21,26-27,29-30,34,37,66-67,71H,4-7,9-10,12-16,19,22-25,28,31-33,35-36,38-65H2,1-3H3,(H,75,76)/b11-8-,20-17-,21-18-,29-26-,30-27-,37-34-. The molecule has 82 heavy (non-hydrogen) atoms. The number of aliphatic hydroxyl groups is 1. The lowest BCUT2D eigenvalue weighted by molar-refractivity contribution is -0.161. The lowest BCUT2D eigenvalue weighted by atomic mass is 10.0. The summed E-state index contributed by atoms with van der Waals surface area (Å²) in [7, 11) is -4.76. The minimum atomic E-state index is -4.76. The van der Waals surface area contributed by atoms with E-state index in [2.05, 4.69) is 93.7 Å². The summed E-state index contributed by atoms with van der Waals surface area (Å²) in [5, 5.41) is 9.87. The molecule has 0 aromatic carbocycles. The van der Waals surface area contributed by atoms with Gasteiger partial charge < -0.3 is 24.2 Å². The number of hydrogen-bond acceptors (Lipinski definition) is 10. The Morgan fingerprint density at radius 3 is 1.00 bits per heavy atom. The highest BCUT2D eigenvalue weighted by molar-refractivity contribution is 7.47. The highest BCUT2D eigenvalue weighted by Crippen LogP contribution is 2.43. The van der Waals surface area contributed by atoms with E-state index in [-0.39, 0.29) is 25.9 Å². The Balaban J connectivity index is 4.70. The van der Waals surface area contributed by atoms with E-state index >= 15 is 0 Å². The number of phosphoric acid groups is 1. The summed E-state index contributed by atoms with van der Waals surface area (Å²) >= 11 is 0. The van der Waals surface area contributed by atoms with Gasteiger partial charge in [0.2, 0.25) is 0 Å². The van der Waals surface area contributed by atoms with Crippen LogP contribution in [0, 0.1) is 0 Å². The van der Waals surface area contributed by atoms with Gasteiger partial charge in [-0.05, 0) is 89.9 Å². The molecule has 0 aromatic rings. The minimum absolute atomic E-state index is 0.151. The predicted octanol–water partition coefficient (Wildman–Crippen LogP) is 20.8. The van der Waals surface area contributed by atoms with Gasteiger partial charge in [-0.25, -0.2) is 4.57 Å². The van der Waals surface area contributed by atoms with Gasteiger partial charge in [-0.15, -0.1) is 0 Å². The molecule has 0 aliphatic rings. The number of aliphatic hydroxyl groups excluding tert-OH is 1. The fraction of sp³-hybridized carbons (Fsp3) is 0.786. The minimum Gasteiger partial charge on any atom is -0.462 e. The summed E-state index contributed by atoms with van der Waals surface area (Å²) in [4.78, 5) is 48.9. The molecule has 0 aliphatic heterocycles. The molecule has 2 N–H and O–H groups in total. The molecule has 0 rings (SSSR count). The maximum Gasteiger partial charge on any atom is 0.472 e. The summed E-state index contributed by atoms with van der Waals surface area (Å²) in [6.45, 7) is 4.55. The molecule has 0 bridgehead atoms. The van der Waals surface area contributed by atoms with Gasteiger partial charge in [0.15, 0.2) is 6.10 Å². The van der Waals surface area contributed by atoms with Crippen molar-refractivity contribution in [2.24, 2.45) is 0 Å². The van der Waals surface area contributed by atoms with Crippen LogP contribution in [0.15, 0.2) is 72.9 Å². The van der Waals surface area contributed by atoms with E-state index in [0.717, 1.165) is 122 Å². The van der Waals surface area contributed by atoms with Crippen LogP contribution < -0.4 is 0 Å². The van der Waals surface area contributed by atoms with Crippen LogP contribution in [0.2, 0.25) is 0 Å². The molecule has 0 fully saturated rings. The highest BCUT2D eigenvalue weighted by atomic mass is 31.2. The zero-order valence-corrected chi connectivity index (χ0v) is 53.8. The van der Waals surface area contributed by atoms with Crippen molar-refractivity contribution in [2.45, 2.75) is 328 Å². The van der Waals surface area contributed by atoms with E-state index in [4.69, 9.17) is 23.3 Å². The van der Waals surface area contributed by atoms with E-state index in [9.17, 15) is 28.9 Å². The van der Waals surface area contributed by atoms with E-state index in [1.165, 1.54) is 135 Å². The van der Waals surface area contributed by atoms with E-state index in [1.807, 2.05) is 0 Å². The van der Waals surface area contributed by atoms with Crippen LogP contribution in [0.4, 0.5) is 0 Å². The summed E-state index contributed by atoms with van der Waals surface area (Å²) in [6.07, 6.45) is 74.2. The van der Waals surface area contributed by atoms with E-state index < -0.39 is 57.8 Å². The van der Waals surface area contributed by atoms with Crippen LogP contribution in [0.25, 0.3) is 0 Å². The molecule has 3 atom stereocenters. The molecule has 0 amide bonds. The van der Waals surface area contributed by atoms with Gasteiger partial charge in [0.1, 0.15) is 12.7 Å². The van der Waals surface area contributed by atoms with Crippen molar-refractivity contribution in [1.29, 1.82) is 0 Å². The second-order valence-electron chi connectivity index (χ2n) is 22.6. The first kappa shape index (κ1) is 78.9. The summed E-state index contributed by atoms with van der Waals surface area (Å²) in [6, 6.07) is 0. The SMILES string of the molecule is CC/C=C\C/C=C\C/C=C\C/C=C\CCCCCCCCC(=O)OC(COC(=O)CCCCCCCCCCCCCCCCCCCCC)COP(=O)(O)OCC(CO)OC(=O)CCCCCCCCC/C=C\C/C=C\CCCCC. The molecule has 0 aliphatic carbocycles. The Morgan fingerprint density at radius 2 is 0.634 bits per heavy atom. The molecular formula is C70H125O11P. The second-order valence-corrected chi connectivity index (χ2v) is 24.1. The third-order valence-electron chi connectivity index (χ3n) is 14.6. The van der Waals surface area contributed by atoms with Gasteiger partial charge in [-0.1, -0.05) is 280 Å². The van der Waals surface area contributed by atoms with Crippen molar-refractivity contribution in [3.63, 3.8) is 0 Å². The van der Waals surface area contributed by atoms with Crippen LogP contribution in [0.3, 0.4) is 0 Å². The number of ether oxygens (including phenoxy) is 3. The average molecular weight is 1170 g/mol. The Hall–Kier alpha value is -3.08. The predicted molar refractivity (Wildman–Crippen MR) is 344 cm³/mol. The van der Waals surface area contributed by atoms with Crippen molar-refractivity contribution >= 4 is 25.7 Å². The first-order valence-electron chi connectivity index (χ1n) is 33.8. The topological polar surface area (TPSA) is 155 Å². The Morgan fingerprint density at radius 1 is 0.354 bits per heavy atom. The van der Waals surface area contributed by atoms with Crippen molar-refractivity contribution in [2.75, 3.05) is 26.4 Å². The molecule has 11 nitrogen and oxygen atoms in total. The van der Waals surface area contributed by atoms with Crippen LogP contribution in [-0.4, -0.2) is 66.5 Å². The first-order chi connectivity index (χ1) is 40.2. The highest BCUT2D eigenvalue weighted by Gasteiger charge is 2.28. The quantitative estimate of drug-likeness (QED) is 0.0197. The lowest BCUT2D eigenvalue weighted by Crippen LogP contribution is -2.30. The van der Waals surface area contributed by atoms with Gasteiger partial charge in [-0.2, -0.15) is 0 Å². The van der Waals surface area contributed by atoms with Crippen molar-refractivity contribution in [3.05, 3.63) is 72.9 Å². The molecule has 12 heteroatoms. The molecule has 0 saturated carbocycles. The van der Waals surface area contributed by atoms with E-state index in [1.54, 1.807) is 0 Å². The molecule has 0 heterocycles. The van der Waals surface area contributed by atoms with Crippen molar-refractivity contribution in [3.8, 4) is 0 Å². The van der Waals surface area contributed by atoms with Crippen molar-refractivity contribution in [1.82, 2.24) is 0 Å². The average Bonchev–Trinajstić information content (AvgIpc) is 3.50. The smallest absolute Gasteiger partial charge is 0.462 e. The van der Waals surface area contributed by atoms with Gasteiger partial charge in [0, 0.05) is 19.3 Å². The molecule has 0 aromatic heterocycles. The van der Waals surface area contributed by atoms with E-state index in [0.29, 0.717) is 19.3 Å². The molecule has 0 radical (unpaired) electrons. The zero-order chi connectivity index (χ0) is 59.8. The van der Waals surface area contributed by atoms with Gasteiger partial charge in [0.25, 0.3) is 0 Å². The number of rotatable bonds is 63. The van der Waals surface area contributed by atoms with Gasteiger partial charge in [0.05, 0.1) is 19.8 Å². The van der Waals surface area contributed by atoms with Crippen LogP contribution in [-0.2, 0) is 42.2 Å². The molecule has 0 spiro atoms. The number of phosphoric ester groups is 1. The van der Waals surface area contributed by atoms with Gasteiger partial charge in [-0.3, -0.25) is 23.4 Å². The summed E-state index contributed by atoms with van der Waals surface area (Å²) in [5.41, 5.74) is 0. The van der Waals surface area contributed by atoms with Crippen LogP contribution in [0.1, 0.15) is 316 Å². The Bertz CT molecular complexity index is 1650. The largest absolute Gasteiger partial charge is 0.472 e. The summed E-state index contributed by atoms with van der Waals surface area (Å²) < 4.78 is 39.8. The molecular weight excluding hydrogens is 1050 g/mol. The number of unbranched alkanes of at least 4 members (excludes halogenated alkanes) is 34. The first-order valence-corrected chi connectivity index (χ1v) is 35.3. The normalized spacial score (nSPS) is 13.7. The Labute approximate surface area is 503 Å². The maximum absolute atomic E-state index is 13.0. The van der Waals surface area contributed by atoms with Crippen molar-refractivity contribution < 1.29 is 52.2 Å². The number of carbonyl (C=O) groups excluding carboxylic acids is 3. The fourth-order valence-corrected chi connectivity index (χ4v) is 10.3. The monoisotopic (exact) mass is 1170 g/mol. The summed E-state index contributed by atoms with van der Waals surface area (Å²) in [5.74, 6) is -1.47. The number of hydrogen-bond donors (Lipinski definition) is 2. The zero-order valence-electron chi connectivity index (χ0n) is 53.0. The number of carbonyl (C=O) groups is 3.